The van der Waals surface area contributed by atoms with Crippen LogP contribution < -0.4 is 4.90 Å². The average Bonchev–Trinajstić information content (AvgIpc) is 3.52. The third kappa shape index (κ3) is 2.84. The zero-order valence-corrected chi connectivity index (χ0v) is 21.5. The monoisotopic (exact) mass is 498 g/mol. The molecule has 2 nitrogen and oxygen atoms in total. The van der Waals surface area contributed by atoms with Gasteiger partial charge in [-0.1, -0.05) is 91.0 Å². The van der Waals surface area contributed by atoms with E-state index in [4.69, 9.17) is 4.99 Å². The molecule has 0 saturated carbocycles. The molecule has 0 bridgehead atoms. The van der Waals surface area contributed by atoms with Crippen LogP contribution in [0, 0.1) is 0 Å². The number of para-hydroxylation sites is 2. The second-order valence-electron chi connectivity index (χ2n) is 11.0. The normalized spacial score (nSPS) is 20.4. The molecule has 2 aliphatic carbocycles. The van der Waals surface area contributed by atoms with E-state index in [0.717, 1.165) is 12.8 Å². The summed E-state index contributed by atoms with van der Waals surface area (Å²) in [6, 6.07) is 35.9. The van der Waals surface area contributed by atoms with Crippen LogP contribution in [0.15, 0.2) is 126 Å². The summed E-state index contributed by atoms with van der Waals surface area (Å²) in [5, 5.41) is 5.40. The number of anilines is 2. The lowest BCUT2D eigenvalue weighted by Gasteiger charge is -2.30. The first-order chi connectivity index (χ1) is 19.4. The number of fused-ring (bicyclic) bond motifs is 8. The Hall–Kier alpha value is -4.69. The molecule has 2 heterocycles. The molecule has 2 aliphatic heterocycles. The van der Waals surface area contributed by atoms with Crippen LogP contribution in [-0.4, -0.2) is 11.8 Å². The Kier molecular flexibility index (Phi) is 4.31. The van der Waals surface area contributed by atoms with Gasteiger partial charge in [0, 0.05) is 34.6 Å². The molecule has 2 atom stereocenters. The van der Waals surface area contributed by atoms with Gasteiger partial charge in [0.15, 0.2) is 0 Å². The lowest BCUT2D eigenvalue weighted by atomic mass is 9.84. The molecule has 2 unspecified atom stereocenters. The SMILES string of the molecule is C1=CN=C2c3c4ccccc4c(C4=CCC5C(=C4)c4ccccc4N5c4ccccc4)c4cccc(c34)C2C1. The predicted octanol–water partition coefficient (Wildman–Crippen LogP) is 9.19. The Morgan fingerprint density at radius 3 is 2.36 bits per heavy atom. The van der Waals surface area contributed by atoms with E-state index in [1.54, 1.807) is 0 Å². The van der Waals surface area contributed by atoms with Gasteiger partial charge in [-0.2, -0.15) is 0 Å². The van der Waals surface area contributed by atoms with Gasteiger partial charge in [-0.15, -0.1) is 0 Å². The Balaban J connectivity index is 1.29. The maximum absolute atomic E-state index is 4.93. The topological polar surface area (TPSA) is 15.6 Å². The van der Waals surface area contributed by atoms with Gasteiger partial charge in [0.05, 0.1) is 11.8 Å². The first-order valence-electron chi connectivity index (χ1n) is 13.9. The molecule has 39 heavy (non-hydrogen) atoms. The van der Waals surface area contributed by atoms with Gasteiger partial charge in [-0.3, -0.25) is 4.99 Å². The molecule has 0 radical (unpaired) electrons. The van der Waals surface area contributed by atoms with Crippen molar-refractivity contribution in [2.45, 2.75) is 24.8 Å². The molecule has 0 N–H and O–H groups in total. The van der Waals surface area contributed by atoms with Crippen molar-refractivity contribution in [2.75, 3.05) is 4.90 Å². The van der Waals surface area contributed by atoms with E-state index >= 15 is 0 Å². The van der Waals surface area contributed by atoms with Crippen molar-refractivity contribution in [1.29, 1.82) is 0 Å². The Labute approximate surface area is 227 Å². The van der Waals surface area contributed by atoms with Crippen molar-refractivity contribution in [3.63, 3.8) is 0 Å². The lowest BCUT2D eigenvalue weighted by molar-refractivity contribution is 0.831. The Morgan fingerprint density at radius 2 is 1.46 bits per heavy atom. The van der Waals surface area contributed by atoms with Gasteiger partial charge in [-0.25, -0.2) is 0 Å². The summed E-state index contributed by atoms with van der Waals surface area (Å²) in [5.74, 6) is 0.358. The smallest absolute Gasteiger partial charge is 0.0633 e. The number of hydrogen-bond acceptors (Lipinski definition) is 2. The fourth-order valence-electron chi connectivity index (χ4n) is 7.54. The van der Waals surface area contributed by atoms with Crippen LogP contribution in [-0.2, 0) is 0 Å². The van der Waals surface area contributed by atoms with Gasteiger partial charge in [-0.05, 0) is 80.9 Å². The molecule has 0 saturated heterocycles. The molecule has 5 aromatic rings. The van der Waals surface area contributed by atoms with Crippen molar-refractivity contribution < 1.29 is 0 Å². The van der Waals surface area contributed by atoms with Crippen LogP contribution in [0.3, 0.4) is 0 Å². The molecule has 9 rings (SSSR count). The minimum absolute atomic E-state index is 0.305. The molecular formula is C37H26N2. The van der Waals surface area contributed by atoms with Gasteiger partial charge in [0.25, 0.3) is 0 Å². The fraction of sp³-hybridized carbons (Fsp3) is 0.108. The zero-order chi connectivity index (χ0) is 25.5. The van der Waals surface area contributed by atoms with Crippen LogP contribution in [0.5, 0.6) is 0 Å². The summed E-state index contributed by atoms with van der Waals surface area (Å²) in [5.41, 5.74) is 12.0. The second-order valence-corrected chi connectivity index (χ2v) is 11.0. The van der Waals surface area contributed by atoms with E-state index < -0.39 is 0 Å². The standard InChI is InChI=1S/C37H26N2/c1-2-10-24(11-3-1)39-32-18-7-6-12-25(32)31-22-23(19-20-33(31)39)34-26-13-4-5-14-27(26)36-35-28(15-8-16-30(34)35)29-17-9-21-38-37(29)36/h1-16,18-19,21-22,29,33H,17,20H2. The number of nitrogens with zero attached hydrogens (tertiary/aromatic N) is 2. The van der Waals surface area contributed by atoms with Gasteiger partial charge in [0.1, 0.15) is 0 Å². The lowest BCUT2D eigenvalue weighted by Crippen LogP contribution is -2.27. The highest BCUT2D eigenvalue weighted by atomic mass is 15.2. The Morgan fingerprint density at radius 1 is 0.692 bits per heavy atom. The van der Waals surface area contributed by atoms with Crippen molar-refractivity contribution in [1.82, 2.24) is 0 Å². The molecule has 0 fully saturated rings. The van der Waals surface area contributed by atoms with Crippen molar-refractivity contribution >= 4 is 49.8 Å². The molecular weight excluding hydrogens is 472 g/mol. The van der Waals surface area contributed by atoms with Crippen molar-refractivity contribution in [3.05, 3.63) is 144 Å². The number of aliphatic imine (C=N–C) groups is 1. The second kappa shape index (κ2) is 7.91. The summed E-state index contributed by atoms with van der Waals surface area (Å²) in [6.45, 7) is 0. The van der Waals surface area contributed by atoms with Crippen LogP contribution in [0.4, 0.5) is 11.4 Å². The highest BCUT2D eigenvalue weighted by Crippen LogP contribution is 2.52. The number of rotatable bonds is 2. The largest absolute Gasteiger partial charge is 0.333 e. The highest BCUT2D eigenvalue weighted by molar-refractivity contribution is 6.31. The third-order valence-electron chi connectivity index (χ3n) is 9.07. The highest BCUT2D eigenvalue weighted by Gasteiger charge is 2.37. The van der Waals surface area contributed by atoms with Crippen LogP contribution >= 0.6 is 0 Å². The minimum atomic E-state index is 0.305. The number of hydrogen-bond donors (Lipinski definition) is 0. The maximum atomic E-state index is 4.93. The fourth-order valence-corrected chi connectivity index (χ4v) is 7.54. The molecule has 0 amide bonds. The van der Waals surface area contributed by atoms with Crippen LogP contribution in [0.25, 0.3) is 32.7 Å². The number of allylic oxidation sites excluding steroid dienone is 3. The van der Waals surface area contributed by atoms with Gasteiger partial charge < -0.3 is 4.90 Å². The summed E-state index contributed by atoms with van der Waals surface area (Å²) in [6.07, 6.45) is 11.2. The molecule has 0 aromatic heterocycles. The van der Waals surface area contributed by atoms with Crippen LogP contribution in [0.2, 0.25) is 0 Å². The van der Waals surface area contributed by atoms with Gasteiger partial charge in [0.2, 0.25) is 0 Å². The van der Waals surface area contributed by atoms with Gasteiger partial charge >= 0.3 is 0 Å². The molecule has 2 heteroatoms. The summed E-state index contributed by atoms with van der Waals surface area (Å²) in [7, 11) is 0. The summed E-state index contributed by atoms with van der Waals surface area (Å²) >= 11 is 0. The predicted molar refractivity (Wildman–Crippen MR) is 164 cm³/mol. The minimum Gasteiger partial charge on any atom is -0.333 e. The third-order valence-corrected chi connectivity index (χ3v) is 9.07. The maximum Gasteiger partial charge on any atom is 0.0633 e. The Bertz CT molecular complexity index is 1970. The van der Waals surface area contributed by atoms with Crippen molar-refractivity contribution in [3.8, 4) is 0 Å². The quantitative estimate of drug-likeness (QED) is 0.222. The van der Waals surface area contributed by atoms with E-state index in [9.17, 15) is 0 Å². The van der Waals surface area contributed by atoms with Crippen molar-refractivity contribution in [2.24, 2.45) is 4.99 Å². The first-order valence-corrected chi connectivity index (χ1v) is 13.9. The van der Waals surface area contributed by atoms with E-state index in [1.165, 1.54) is 72.0 Å². The van der Waals surface area contributed by atoms with E-state index in [1.807, 2.05) is 6.20 Å². The molecule has 184 valence electrons. The van der Waals surface area contributed by atoms with E-state index in [0.29, 0.717) is 12.0 Å². The zero-order valence-electron chi connectivity index (χ0n) is 21.5. The first kappa shape index (κ1) is 21.3. The van der Waals surface area contributed by atoms with Crippen LogP contribution in [0.1, 0.15) is 41.0 Å². The number of benzene rings is 5. The van der Waals surface area contributed by atoms with E-state index in [-0.39, 0.29) is 0 Å². The summed E-state index contributed by atoms with van der Waals surface area (Å²) in [4.78, 5) is 7.46. The van der Waals surface area contributed by atoms with E-state index in [2.05, 4.69) is 120 Å². The molecule has 4 aliphatic rings. The summed E-state index contributed by atoms with van der Waals surface area (Å²) < 4.78 is 0. The molecule has 0 spiro atoms. The molecule has 5 aromatic carbocycles. The average molecular weight is 499 g/mol.